The van der Waals surface area contributed by atoms with Gasteiger partial charge >= 0.3 is 6.09 Å². The molecule has 2 rings (SSSR count). The zero-order valence-corrected chi connectivity index (χ0v) is 12.2. The SMILES string of the molecule is CCOC(=O)N1CCC2(CC1)CN(C(C)(C)C)C2. The molecule has 0 atom stereocenters. The van der Waals surface area contributed by atoms with E-state index in [0.717, 1.165) is 25.9 Å². The fourth-order valence-electron chi connectivity index (χ4n) is 2.93. The summed E-state index contributed by atoms with van der Waals surface area (Å²) in [5.41, 5.74) is 0.750. The van der Waals surface area contributed by atoms with E-state index in [-0.39, 0.29) is 11.6 Å². The number of piperidine rings is 1. The number of carbonyl (C=O) groups excluding carboxylic acids is 1. The third-order valence-electron chi connectivity index (χ3n) is 4.35. The van der Waals surface area contributed by atoms with Crippen LogP contribution in [0.4, 0.5) is 4.79 Å². The highest BCUT2D eigenvalue weighted by Crippen LogP contribution is 2.43. The van der Waals surface area contributed by atoms with Crippen LogP contribution in [0.5, 0.6) is 0 Å². The summed E-state index contributed by atoms with van der Waals surface area (Å²) in [6.45, 7) is 13.2. The Kier molecular flexibility index (Phi) is 3.58. The Bertz CT molecular complexity index is 306. The molecule has 2 saturated heterocycles. The van der Waals surface area contributed by atoms with Crippen LogP contribution in [0.3, 0.4) is 0 Å². The number of hydrogen-bond acceptors (Lipinski definition) is 3. The third kappa shape index (κ3) is 2.63. The van der Waals surface area contributed by atoms with E-state index in [2.05, 4.69) is 25.7 Å². The molecule has 0 radical (unpaired) electrons. The first kappa shape index (κ1) is 13.7. The summed E-state index contributed by atoms with van der Waals surface area (Å²) in [7, 11) is 0. The zero-order chi connectivity index (χ0) is 13.4. The first-order valence-corrected chi connectivity index (χ1v) is 7.03. The number of likely N-dealkylation sites (tertiary alicyclic amines) is 2. The van der Waals surface area contributed by atoms with Gasteiger partial charge in [0.05, 0.1) is 6.61 Å². The van der Waals surface area contributed by atoms with Gasteiger partial charge in [0, 0.05) is 31.7 Å². The molecule has 2 fully saturated rings. The number of hydrogen-bond donors (Lipinski definition) is 0. The number of ether oxygens (including phenoxy) is 1. The van der Waals surface area contributed by atoms with Gasteiger partial charge in [0.15, 0.2) is 0 Å². The molecule has 0 saturated carbocycles. The number of amides is 1. The highest BCUT2D eigenvalue weighted by atomic mass is 16.6. The van der Waals surface area contributed by atoms with Gasteiger partial charge in [-0.2, -0.15) is 0 Å². The number of carbonyl (C=O) groups is 1. The lowest BCUT2D eigenvalue weighted by atomic mass is 9.70. The van der Waals surface area contributed by atoms with Crippen molar-refractivity contribution in [3.8, 4) is 0 Å². The minimum Gasteiger partial charge on any atom is -0.450 e. The van der Waals surface area contributed by atoms with Crippen LogP contribution in [0, 0.1) is 5.41 Å². The molecule has 4 nitrogen and oxygen atoms in total. The van der Waals surface area contributed by atoms with Crippen molar-refractivity contribution in [1.29, 1.82) is 0 Å². The molecule has 0 aromatic carbocycles. The molecule has 0 unspecified atom stereocenters. The molecular formula is C14H26N2O2. The molecule has 0 bridgehead atoms. The Balaban J connectivity index is 1.80. The Labute approximate surface area is 110 Å². The van der Waals surface area contributed by atoms with E-state index in [0.29, 0.717) is 12.0 Å². The Morgan fingerprint density at radius 3 is 2.22 bits per heavy atom. The molecule has 4 heteroatoms. The predicted octanol–water partition coefficient (Wildman–Crippen LogP) is 2.34. The lowest BCUT2D eigenvalue weighted by Crippen LogP contribution is -2.65. The Morgan fingerprint density at radius 2 is 1.78 bits per heavy atom. The maximum Gasteiger partial charge on any atom is 0.409 e. The maximum absolute atomic E-state index is 11.6. The fourth-order valence-corrected chi connectivity index (χ4v) is 2.93. The second kappa shape index (κ2) is 4.72. The molecule has 2 heterocycles. The summed E-state index contributed by atoms with van der Waals surface area (Å²) < 4.78 is 5.05. The summed E-state index contributed by atoms with van der Waals surface area (Å²) in [4.78, 5) is 16.0. The average molecular weight is 254 g/mol. The normalized spacial score (nSPS) is 23.9. The van der Waals surface area contributed by atoms with Crippen LogP contribution >= 0.6 is 0 Å². The van der Waals surface area contributed by atoms with Crippen LogP contribution < -0.4 is 0 Å². The first-order chi connectivity index (χ1) is 8.36. The van der Waals surface area contributed by atoms with Crippen molar-refractivity contribution in [2.24, 2.45) is 5.41 Å². The molecule has 0 N–H and O–H groups in total. The standard InChI is InChI=1S/C14H26N2O2/c1-5-18-12(17)15-8-6-14(7-9-15)10-16(11-14)13(2,3)4/h5-11H2,1-4H3. The van der Waals surface area contributed by atoms with Gasteiger partial charge in [-0.05, 0) is 46.0 Å². The Morgan fingerprint density at radius 1 is 1.22 bits per heavy atom. The molecule has 18 heavy (non-hydrogen) atoms. The topological polar surface area (TPSA) is 32.8 Å². The molecule has 1 spiro atoms. The zero-order valence-electron chi connectivity index (χ0n) is 12.2. The summed E-state index contributed by atoms with van der Waals surface area (Å²) >= 11 is 0. The van der Waals surface area contributed by atoms with Gasteiger partial charge in [0.25, 0.3) is 0 Å². The van der Waals surface area contributed by atoms with Gasteiger partial charge < -0.3 is 9.64 Å². The molecule has 2 aliphatic rings. The molecule has 104 valence electrons. The van der Waals surface area contributed by atoms with Crippen LogP contribution in [0.1, 0.15) is 40.5 Å². The van der Waals surface area contributed by atoms with E-state index in [1.54, 1.807) is 0 Å². The smallest absolute Gasteiger partial charge is 0.409 e. The average Bonchev–Trinajstić information content (AvgIpc) is 2.25. The number of nitrogens with zero attached hydrogens (tertiary/aromatic N) is 2. The lowest BCUT2D eigenvalue weighted by molar-refractivity contribution is -0.0878. The molecule has 0 aromatic rings. The van der Waals surface area contributed by atoms with Crippen LogP contribution in [0.2, 0.25) is 0 Å². The number of rotatable bonds is 1. The van der Waals surface area contributed by atoms with Gasteiger partial charge in [0.2, 0.25) is 0 Å². The van der Waals surface area contributed by atoms with Crippen molar-refractivity contribution in [1.82, 2.24) is 9.80 Å². The molecule has 0 aromatic heterocycles. The van der Waals surface area contributed by atoms with Crippen LogP contribution in [-0.4, -0.2) is 54.2 Å². The summed E-state index contributed by atoms with van der Waals surface area (Å²) in [5, 5.41) is 0. The minimum atomic E-state index is -0.139. The van der Waals surface area contributed by atoms with Crippen LogP contribution in [0.15, 0.2) is 0 Å². The van der Waals surface area contributed by atoms with Crippen molar-refractivity contribution in [2.75, 3.05) is 32.8 Å². The monoisotopic (exact) mass is 254 g/mol. The van der Waals surface area contributed by atoms with Crippen molar-refractivity contribution >= 4 is 6.09 Å². The summed E-state index contributed by atoms with van der Waals surface area (Å²) in [5.74, 6) is 0. The van der Waals surface area contributed by atoms with Crippen molar-refractivity contribution in [3.05, 3.63) is 0 Å². The van der Waals surface area contributed by atoms with Crippen LogP contribution in [0.25, 0.3) is 0 Å². The van der Waals surface area contributed by atoms with E-state index in [9.17, 15) is 4.79 Å². The second-order valence-corrected chi connectivity index (χ2v) is 6.71. The second-order valence-electron chi connectivity index (χ2n) is 6.71. The molecule has 2 aliphatic heterocycles. The molecule has 0 aliphatic carbocycles. The van der Waals surface area contributed by atoms with Gasteiger partial charge in [-0.25, -0.2) is 4.79 Å². The highest BCUT2D eigenvalue weighted by molar-refractivity contribution is 5.67. The minimum absolute atomic E-state index is 0.139. The third-order valence-corrected chi connectivity index (χ3v) is 4.35. The Hall–Kier alpha value is -0.770. The quantitative estimate of drug-likeness (QED) is 0.720. The van der Waals surface area contributed by atoms with E-state index in [1.165, 1.54) is 13.1 Å². The maximum atomic E-state index is 11.6. The largest absolute Gasteiger partial charge is 0.450 e. The predicted molar refractivity (Wildman–Crippen MR) is 71.6 cm³/mol. The van der Waals surface area contributed by atoms with Crippen molar-refractivity contribution < 1.29 is 9.53 Å². The van der Waals surface area contributed by atoms with Gasteiger partial charge in [0.1, 0.15) is 0 Å². The first-order valence-electron chi connectivity index (χ1n) is 7.03. The highest BCUT2D eigenvalue weighted by Gasteiger charge is 2.48. The van der Waals surface area contributed by atoms with E-state index >= 15 is 0 Å². The lowest BCUT2D eigenvalue weighted by Gasteiger charge is -2.58. The van der Waals surface area contributed by atoms with E-state index in [1.807, 2.05) is 11.8 Å². The summed E-state index contributed by atoms with van der Waals surface area (Å²) in [6, 6.07) is 0. The molecule has 1 amide bonds. The summed E-state index contributed by atoms with van der Waals surface area (Å²) in [6.07, 6.45) is 2.11. The molecular weight excluding hydrogens is 228 g/mol. The van der Waals surface area contributed by atoms with E-state index < -0.39 is 0 Å². The van der Waals surface area contributed by atoms with E-state index in [4.69, 9.17) is 4.74 Å². The van der Waals surface area contributed by atoms with Crippen molar-refractivity contribution in [2.45, 2.75) is 46.1 Å². The van der Waals surface area contributed by atoms with Crippen LogP contribution in [-0.2, 0) is 4.74 Å². The van der Waals surface area contributed by atoms with Gasteiger partial charge in [-0.1, -0.05) is 0 Å². The van der Waals surface area contributed by atoms with Crippen molar-refractivity contribution in [3.63, 3.8) is 0 Å². The van der Waals surface area contributed by atoms with Gasteiger partial charge in [-0.3, -0.25) is 4.90 Å². The fraction of sp³-hybridized carbons (Fsp3) is 0.929. The van der Waals surface area contributed by atoms with Gasteiger partial charge in [-0.15, -0.1) is 0 Å².